The number of fused-ring (bicyclic) bond motifs is 1. The number of sulfonamides is 1. The minimum Gasteiger partial charge on any atom is -0.343 e. The summed E-state index contributed by atoms with van der Waals surface area (Å²) in [6, 6.07) is 5.32. The van der Waals surface area contributed by atoms with E-state index in [1.165, 1.54) is 22.8 Å². The van der Waals surface area contributed by atoms with Crippen LogP contribution in [0.25, 0.3) is 10.9 Å². The molecule has 1 aromatic heterocycles. The molecular formula is C22H24F3N3O3S. The summed E-state index contributed by atoms with van der Waals surface area (Å²) in [7, 11) is -4.45. The Morgan fingerprint density at radius 3 is 2.16 bits per heavy atom. The summed E-state index contributed by atoms with van der Waals surface area (Å²) in [6.07, 6.45) is -4.83. The maximum absolute atomic E-state index is 14.0. The quantitative estimate of drug-likeness (QED) is 0.487. The number of rotatable bonds is 6. The van der Waals surface area contributed by atoms with Gasteiger partial charge >= 0.3 is 6.18 Å². The first-order chi connectivity index (χ1) is 14.8. The number of nitrogens with zero attached hydrogens (tertiary/aromatic N) is 2. The lowest BCUT2D eigenvalue weighted by Crippen LogP contribution is -2.48. The van der Waals surface area contributed by atoms with E-state index < -0.39 is 28.8 Å². The molecule has 1 atom stereocenters. The van der Waals surface area contributed by atoms with Gasteiger partial charge < -0.3 is 4.57 Å². The highest BCUT2D eigenvalue weighted by Gasteiger charge is 2.43. The molecule has 0 saturated carbocycles. The first kappa shape index (κ1) is 23.9. The van der Waals surface area contributed by atoms with Crippen LogP contribution in [0.15, 0.2) is 40.4 Å². The van der Waals surface area contributed by atoms with Gasteiger partial charge in [-0.15, -0.1) is 4.91 Å². The molecule has 0 fully saturated rings. The lowest BCUT2D eigenvalue weighted by Gasteiger charge is -2.24. The molecule has 0 amide bonds. The fourth-order valence-corrected chi connectivity index (χ4v) is 5.82. The van der Waals surface area contributed by atoms with Crippen LogP contribution in [0.5, 0.6) is 0 Å². The van der Waals surface area contributed by atoms with Gasteiger partial charge in [-0.05, 0) is 74.7 Å². The van der Waals surface area contributed by atoms with Crippen molar-refractivity contribution >= 4 is 26.6 Å². The second-order valence-electron chi connectivity index (χ2n) is 8.06. The molecule has 32 heavy (non-hydrogen) atoms. The zero-order valence-corrected chi connectivity index (χ0v) is 19.1. The molecule has 2 aromatic carbocycles. The predicted molar refractivity (Wildman–Crippen MR) is 118 cm³/mol. The molecule has 0 aliphatic rings. The molecule has 172 valence electrons. The van der Waals surface area contributed by atoms with Gasteiger partial charge in [-0.1, -0.05) is 17.7 Å². The van der Waals surface area contributed by atoms with E-state index in [-0.39, 0.29) is 10.6 Å². The Hall–Kier alpha value is -2.72. The van der Waals surface area contributed by atoms with E-state index in [1.807, 2.05) is 4.72 Å². The fraction of sp³-hybridized carbons (Fsp3) is 0.364. The second-order valence-corrected chi connectivity index (χ2v) is 9.71. The summed E-state index contributed by atoms with van der Waals surface area (Å²) in [4.78, 5) is 10.7. The Balaban J connectivity index is 2.07. The van der Waals surface area contributed by atoms with Crippen LogP contribution < -0.4 is 4.72 Å². The highest BCUT2D eigenvalue weighted by molar-refractivity contribution is 7.89. The molecule has 0 radical (unpaired) electrons. The van der Waals surface area contributed by atoms with Gasteiger partial charge in [0.15, 0.2) is 0 Å². The molecule has 0 aliphatic carbocycles. The van der Waals surface area contributed by atoms with E-state index in [0.29, 0.717) is 33.3 Å². The number of halogens is 3. The third-order valence-electron chi connectivity index (χ3n) is 5.66. The molecule has 0 spiro atoms. The Labute approximate surface area is 184 Å². The zero-order valence-electron chi connectivity index (χ0n) is 18.3. The summed E-state index contributed by atoms with van der Waals surface area (Å²) in [5.74, 6) is 0. The Bertz CT molecular complexity index is 1290. The average molecular weight is 468 g/mol. The summed E-state index contributed by atoms with van der Waals surface area (Å²) < 4.78 is 71.2. The number of aryl methyl sites for hydroxylation is 4. The average Bonchev–Trinajstić information content (AvgIpc) is 2.89. The van der Waals surface area contributed by atoms with Crippen molar-refractivity contribution in [2.24, 2.45) is 5.18 Å². The SMILES string of the molecule is Cc1cc(C)c(S(=O)(=O)NC(Cn2c(C)c(C)c3cc(N=O)ccc32)C(F)(F)F)c(C)c1. The van der Waals surface area contributed by atoms with Crippen molar-refractivity contribution in [3.8, 4) is 0 Å². The lowest BCUT2D eigenvalue weighted by atomic mass is 10.1. The van der Waals surface area contributed by atoms with Crippen molar-refractivity contribution in [1.82, 2.24) is 9.29 Å². The normalized spacial score (nSPS) is 13.5. The van der Waals surface area contributed by atoms with Crippen LogP contribution in [-0.2, 0) is 16.6 Å². The van der Waals surface area contributed by atoms with Gasteiger partial charge in [0.25, 0.3) is 0 Å². The van der Waals surface area contributed by atoms with Crippen molar-refractivity contribution in [1.29, 1.82) is 0 Å². The van der Waals surface area contributed by atoms with Crippen molar-refractivity contribution in [3.05, 3.63) is 63.2 Å². The molecule has 6 nitrogen and oxygen atoms in total. The van der Waals surface area contributed by atoms with Gasteiger partial charge in [-0.3, -0.25) is 0 Å². The zero-order chi connectivity index (χ0) is 24.0. The molecule has 1 N–H and O–H groups in total. The molecule has 0 bridgehead atoms. The van der Waals surface area contributed by atoms with Gasteiger partial charge in [0.2, 0.25) is 10.0 Å². The molecule has 1 heterocycles. The van der Waals surface area contributed by atoms with Crippen LogP contribution in [0, 0.1) is 39.5 Å². The molecule has 10 heteroatoms. The van der Waals surface area contributed by atoms with Crippen LogP contribution in [0.4, 0.5) is 18.9 Å². The van der Waals surface area contributed by atoms with E-state index in [1.54, 1.807) is 46.8 Å². The highest BCUT2D eigenvalue weighted by Crippen LogP contribution is 2.32. The minimum absolute atomic E-state index is 0.149. The monoisotopic (exact) mass is 467 g/mol. The van der Waals surface area contributed by atoms with Crippen LogP contribution in [0.3, 0.4) is 0 Å². The molecule has 0 aliphatic heterocycles. The molecule has 0 saturated heterocycles. The van der Waals surface area contributed by atoms with E-state index in [4.69, 9.17) is 0 Å². The summed E-state index contributed by atoms with van der Waals surface area (Å²) >= 11 is 0. The van der Waals surface area contributed by atoms with Crippen LogP contribution in [0.2, 0.25) is 0 Å². The van der Waals surface area contributed by atoms with Crippen LogP contribution in [-0.4, -0.2) is 25.2 Å². The first-order valence-electron chi connectivity index (χ1n) is 9.86. The number of nitroso groups, excluding NO2 is 1. The molecular weight excluding hydrogens is 443 g/mol. The minimum atomic E-state index is -4.83. The number of hydrogen-bond donors (Lipinski definition) is 1. The molecule has 1 unspecified atom stereocenters. The van der Waals surface area contributed by atoms with E-state index in [0.717, 1.165) is 5.56 Å². The van der Waals surface area contributed by atoms with Gasteiger partial charge in [0, 0.05) is 23.1 Å². The summed E-state index contributed by atoms with van der Waals surface area (Å²) in [5.41, 5.74) is 3.44. The van der Waals surface area contributed by atoms with Crippen LogP contribution in [0.1, 0.15) is 27.9 Å². The maximum Gasteiger partial charge on any atom is 0.406 e. The van der Waals surface area contributed by atoms with E-state index >= 15 is 0 Å². The standard InChI is InChI=1S/C22H24F3N3O3S/c1-12-8-13(2)21(14(3)9-12)32(30,31)27-20(22(23,24)25)11-28-16(5)15(4)18-10-17(26-29)6-7-19(18)28/h6-10,20,27H,11H2,1-5H3. The largest absolute Gasteiger partial charge is 0.406 e. The fourth-order valence-electron chi connectivity index (χ4n) is 4.16. The summed E-state index contributed by atoms with van der Waals surface area (Å²) in [5, 5.41) is 3.47. The first-order valence-corrected chi connectivity index (χ1v) is 11.3. The lowest BCUT2D eigenvalue weighted by molar-refractivity contribution is -0.154. The predicted octanol–water partition coefficient (Wildman–Crippen LogP) is 5.49. The van der Waals surface area contributed by atoms with Gasteiger partial charge in [0.05, 0.1) is 4.90 Å². The third kappa shape index (κ3) is 4.42. The number of benzene rings is 2. The number of hydrogen-bond acceptors (Lipinski definition) is 4. The van der Waals surface area contributed by atoms with Gasteiger partial charge in [0.1, 0.15) is 11.7 Å². The van der Waals surface area contributed by atoms with Crippen LogP contribution >= 0.6 is 0 Å². The Morgan fingerprint density at radius 1 is 1.03 bits per heavy atom. The number of alkyl halides is 3. The van der Waals surface area contributed by atoms with Crippen molar-refractivity contribution in [2.75, 3.05) is 0 Å². The van der Waals surface area contributed by atoms with E-state index in [9.17, 15) is 26.5 Å². The third-order valence-corrected chi connectivity index (χ3v) is 7.44. The van der Waals surface area contributed by atoms with E-state index in [2.05, 4.69) is 5.18 Å². The second kappa shape index (κ2) is 8.32. The topological polar surface area (TPSA) is 80.5 Å². The van der Waals surface area contributed by atoms with Gasteiger partial charge in [-0.25, -0.2) is 8.42 Å². The van der Waals surface area contributed by atoms with Crippen molar-refractivity contribution < 1.29 is 21.6 Å². The molecule has 3 aromatic rings. The number of nitrogens with one attached hydrogen (secondary N) is 1. The van der Waals surface area contributed by atoms with Gasteiger partial charge in [-0.2, -0.15) is 17.9 Å². The van der Waals surface area contributed by atoms with Crippen molar-refractivity contribution in [3.63, 3.8) is 0 Å². The smallest absolute Gasteiger partial charge is 0.343 e. The number of aromatic nitrogens is 1. The Morgan fingerprint density at radius 2 is 1.62 bits per heavy atom. The highest BCUT2D eigenvalue weighted by atomic mass is 32.2. The molecule has 3 rings (SSSR count). The summed E-state index contributed by atoms with van der Waals surface area (Å²) in [6.45, 7) is 7.63. The Kier molecular flexibility index (Phi) is 6.23. The maximum atomic E-state index is 14.0. The van der Waals surface area contributed by atoms with Crippen molar-refractivity contribution in [2.45, 2.75) is 58.3 Å².